The molecule has 0 saturated heterocycles. The van der Waals surface area contributed by atoms with Crippen molar-refractivity contribution in [1.82, 2.24) is 5.16 Å². The van der Waals surface area contributed by atoms with Gasteiger partial charge in [0.1, 0.15) is 29.1 Å². The molecule has 0 atom stereocenters. The number of carbonyl (C=O) groups is 2. The monoisotopic (exact) mass is 497 g/mol. The van der Waals surface area contributed by atoms with Crippen LogP contribution in [0.15, 0.2) is 68.5 Å². The van der Waals surface area contributed by atoms with Crippen LogP contribution in [0.1, 0.15) is 35.9 Å². The van der Waals surface area contributed by atoms with Crippen LogP contribution in [0.3, 0.4) is 0 Å². The highest BCUT2D eigenvalue weighted by molar-refractivity contribution is 6.29. The van der Waals surface area contributed by atoms with Crippen LogP contribution >= 0.6 is 11.6 Å². The van der Waals surface area contributed by atoms with Crippen molar-refractivity contribution in [2.24, 2.45) is 0 Å². The van der Waals surface area contributed by atoms with Gasteiger partial charge in [-0.05, 0) is 42.8 Å². The van der Waals surface area contributed by atoms with Crippen molar-refractivity contribution in [3.63, 3.8) is 0 Å². The molecule has 180 valence electrons. The Balaban J connectivity index is 1.41. The van der Waals surface area contributed by atoms with E-state index < -0.39 is 17.4 Å². The standard InChI is InChI=1S/C25H20ClNO8/c1-2-11-31-25(30)15-3-5-16(6-4-15)33-21-14-32-20-12-17(7-9-19(20)24(21)29)34-23(28)10-8-18-13-22(26)27-35-18/h3-7,9,12-14H,2,8,10-11H2,1H3. The van der Waals surface area contributed by atoms with E-state index in [0.717, 1.165) is 6.42 Å². The average molecular weight is 498 g/mol. The molecule has 10 heteroatoms. The van der Waals surface area contributed by atoms with Crippen molar-refractivity contribution >= 4 is 34.5 Å². The zero-order valence-corrected chi connectivity index (χ0v) is 19.4. The molecule has 2 aromatic carbocycles. The van der Waals surface area contributed by atoms with Gasteiger partial charge in [0.25, 0.3) is 0 Å². The molecule has 0 spiro atoms. The predicted octanol–water partition coefficient (Wildman–Crippen LogP) is 5.33. The van der Waals surface area contributed by atoms with Gasteiger partial charge in [0.2, 0.25) is 11.2 Å². The highest BCUT2D eigenvalue weighted by Crippen LogP contribution is 2.25. The van der Waals surface area contributed by atoms with E-state index in [1.54, 1.807) is 24.3 Å². The van der Waals surface area contributed by atoms with E-state index in [9.17, 15) is 14.4 Å². The second kappa shape index (κ2) is 10.9. The third kappa shape index (κ3) is 6.07. The fourth-order valence-corrected chi connectivity index (χ4v) is 3.26. The van der Waals surface area contributed by atoms with E-state index in [4.69, 9.17) is 34.8 Å². The van der Waals surface area contributed by atoms with E-state index in [0.29, 0.717) is 23.7 Å². The lowest BCUT2D eigenvalue weighted by atomic mass is 10.2. The van der Waals surface area contributed by atoms with Crippen LogP contribution in [0.2, 0.25) is 5.15 Å². The van der Waals surface area contributed by atoms with Gasteiger partial charge < -0.3 is 23.2 Å². The van der Waals surface area contributed by atoms with E-state index >= 15 is 0 Å². The molecule has 4 rings (SSSR count). The molecule has 0 bridgehead atoms. The van der Waals surface area contributed by atoms with E-state index in [1.165, 1.54) is 30.5 Å². The lowest BCUT2D eigenvalue weighted by Crippen LogP contribution is -2.09. The number of benzene rings is 2. The maximum atomic E-state index is 12.8. The zero-order chi connectivity index (χ0) is 24.8. The van der Waals surface area contributed by atoms with Crippen LogP contribution in [0.5, 0.6) is 17.2 Å². The van der Waals surface area contributed by atoms with Gasteiger partial charge in [-0.1, -0.05) is 23.7 Å². The summed E-state index contributed by atoms with van der Waals surface area (Å²) < 4.78 is 26.5. The van der Waals surface area contributed by atoms with Crippen LogP contribution in [0.25, 0.3) is 11.0 Å². The lowest BCUT2D eigenvalue weighted by molar-refractivity contribution is -0.134. The van der Waals surface area contributed by atoms with Crippen molar-refractivity contribution in [1.29, 1.82) is 0 Å². The zero-order valence-electron chi connectivity index (χ0n) is 18.6. The molecular formula is C25H20ClNO8. The number of nitrogens with zero attached hydrogens (tertiary/aromatic N) is 1. The fraction of sp³-hybridized carbons (Fsp3) is 0.200. The molecule has 0 N–H and O–H groups in total. The van der Waals surface area contributed by atoms with Gasteiger partial charge in [-0.2, -0.15) is 0 Å². The van der Waals surface area contributed by atoms with Crippen molar-refractivity contribution in [2.45, 2.75) is 26.2 Å². The Bertz CT molecular complexity index is 1410. The minimum absolute atomic E-state index is 0.0331. The number of aryl methyl sites for hydroxylation is 1. The Morgan fingerprint density at radius 2 is 1.83 bits per heavy atom. The third-order valence-corrected chi connectivity index (χ3v) is 4.99. The molecule has 2 aromatic heterocycles. The molecule has 0 aliphatic heterocycles. The van der Waals surface area contributed by atoms with Crippen LogP contribution in [0, 0.1) is 0 Å². The molecular weight excluding hydrogens is 478 g/mol. The number of rotatable bonds is 9. The Kier molecular flexibility index (Phi) is 7.47. The highest BCUT2D eigenvalue weighted by atomic mass is 35.5. The minimum atomic E-state index is -0.499. The molecule has 0 unspecified atom stereocenters. The quantitative estimate of drug-likeness (QED) is 0.223. The molecule has 4 aromatic rings. The van der Waals surface area contributed by atoms with Gasteiger partial charge in [0.05, 0.1) is 24.0 Å². The number of hydrogen-bond acceptors (Lipinski definition) is 9. The summed E-state index contributed by atoms with van der Waals surface area (Å²) in [4.78, 5) is 36.8. The number of esters is 2. The minimum Gasteiger partial charge on any atom is -0.462 e. The summed E-state index contributed by atoms with van der Waals surface area (Å²) in [5, 5.41) is 4.00. The molecule has 2 heterocycles. The van der Waals surface area contributed by atoms with Gasteiger partial charge in [0.15, 0.2) is 5.15 Å². The predicted molar refractivity (Wildman–Crippen MR) is 125 cm³/mol. The first kappa shape index (κ1) is 24.0. The number of halogens is 1. The Hall–Kier alpha value is -4.11. The first-order valence-electron chi connectivity index (χ1n) is 10.8. The number of aromatic nitrogens is 1. The summed E-state index contributed by atoms with van der Waals surface area (Å²) in [6.45, 7) is 2.25. The normalized spacial score (nSPS) is 10.8. The number of fused-ring (bicyclic) bond motifs is 1. The first-order chi connectivity index (χ1) is 16.9. The molecule has 0 aliphatic carbocycles. The number of carbonyl (C=O) groups excluding carboxylic acids is 2. The second-order valence-electron chi connectivity index (χ2n) is 7.44. The molecule has 35 heavy (non-hydrogen) atoms. The summed E-state index contributed by atoms with van der Waals surface area (Å²) in [6, 6.07) is 12.2. The average Bonchev–Trinajstić information content (AvgIpc) is 3.28. The van der Waals surface area contributed by atoms with Crippen molar-refractivity contribution in [3.05, 3.63) is 81.5 Å². The lowest BCUT2D eigenvalue weighted by Gasteiger charge is -2.08. The number of hydrogen-bond donors (Lipinski definition) is 0. The van der Waals surface area contributed by atoms with Crippen LogP contribution in [-0.2, 0) is 16.0 Å². The maximum absolute atomic E-state index is 12.8. The van der Waals surface area contributed by atoms with E-state index in [1.807, 2.05) is 6.92 Å². The smallest absolute Gasteiger partial charge is 0.338 e. The largest absolute Gasteiger partial charge is 0.462 e. The van der Waals surface area contributed by atoms with Crippen LogP contribution in [0.4, 0.5) is 0 Å². The maximum Gasteiger partial charge on any atom is 0.338 e. The van der Waals surface area contributed by atoms with Crippen LogP contribution in [-0.4, -0.2) is 23.7 Å². The third-order valence-electron chi connectivity index (χ3n) is 4.81. The van der Waals surface area contributed by atoms with E-state index in [-0.39, 0.29) is 40.5 Å². The summed E-state index contributed by atoms with van der Waals surface area (Å²) in [5.41, 5.74) is 0.199. The Labute approximate surface area is 204 Å². The summed E-state index contributed by atoms with van der Waals surface area (Å²) in [6.07, 6.45) is 2.24. The molecule has 0 saturated carbocycles. The molecule has 0 radical (unpaired) electrons. The molecule has 0 amide bonds. The van der Waals surface area contributed by atoms with Crippen LogP contribution < -0.4 is 14.9 Å². The molecule has 9 nitrogen and oxygen atoms in total. The highest BCUT2D eigenvalue weighted by Gasteiger charge is 2.14. The van der Waals surface area contributed by atoms with Crippen molar-refractivity contribution < 1.29 is 32.7 Å². The van der Waals surface area contributed by atoms with Crippen molar-refractivity contribution in [3.8, 4) is 17.2 Å². The summed E-state index contributed by atoms with van der Waals surface area (Å²) in [7, 11) is 0. The SMILES string of the molecule is CCCOC(=O)c1ccc(Oc2coc3cc(OC(=O)CCc4cc(Cl)no4)ccc3c2=O)cc1. The molecule has 0 fully saturated rings. The summed E-state index contributed by atoms with van der Waals surface area (Å²) in [5.74, 6) is 0.0794. The topological polar surface area (TPSA) is 118 Å². The van der Waals surface area contributed by atoms with Gasteiger partial charge in [-0.15, -0.1) is 0 Å². The van der Waals surface area contributed by atoms with Gasteiger partial charge >= 0.3 is 11.9 Å². The first-order valence-corrected chi connectivity index (χ1v) is 11.1. The van der Waals surface area contributed by atoms with E-state index in [2.05, 4.69) is 5.16 Å². The summed E-state index contributed by atoms with van der Waals surface area (Å²) >= 11 is 5.68. The Morgan fingerprint density at radius 1 is 1.06 bits per heavy atom. The molecule has 0 aliphatic rings. The van der Waals surface area contributed by atoms with Crippen molar-refractivity contribution in [2.75, 3.05) is 6.61 Å². The van der Waals surface area contributed by atoms with Gasteiger partial charge in [0, 0.05) is 18.6 Å². The van der Waals surface area contributed by atoms with Gasteiger partial charge in [-0.25, -0.2) is 4.79 Å². The second-order valence-corrected chi connectivity index (χ2v) is 7.83. The number of ether oxygens (including phenoxy) is 3. The Morgan fingerprint density at radius 3 is 2.54 bits per heavy atom. The fourth-order valence-electron chi connectivity index (χ4n) is 3.10. The van der Waals surface area contributed by atoms with Gasteiger partial charge in [-0.3, -0.25) is 9.59 Å².